The Labute approximate surface area is 205 Å². The fraction of sp³-hybridized carbons (Fsp3) is 0.565. The number of nitrogens with one attached hydrogen (secondary N) is 1. The predicted octanol–water partition coefficient (Wildman–Crippen LogP) is 0.582. The van der Waals surface area contributed by atoms with Crippen LogP contribution in [-0.2, 0) is 25.7 Å². The number of carbonyl (C=O) groups excluding carboxylic acids is 3. The maximum absolute atomic E-state index is 13.2. The summed E-state index contributed by atoms with van der Waals surface area (Å²) in [6.07, 6.45) is 0.256. The van der Waals surface area contributed by atoms with Crippen LogP contribution >= 0.6 is 0 Å². The van der Waals surface area contributed by atoms with Gasteiger partial charge in [-0.15, -0.1) is 0 Å². The van der Waals surface area contributed by atoms with Gasteiger partial charge in [-0.2, -0.15) is 0 Å². The van der Waals surface area contributed by atoms with Gasteiger partial charge in [0.15, 0.2) is 0 Å². The van der Waals surface area contributed by atoms with Gasteiger partial charge in [0.25, 0.3) is 0 Å². The zero-order valence-corrected chi connectivity index (χ0v) is 20.7. The fourth-order valence-electron chi connectivity index (χ4n) is 3.69. The Morgan fingerprint density at radius 3 is 2.49 bits per heavy atom. The molecule has 4 amide bonds. The number of likely N-dealkylation sites (N-methyl/N-ethyl adjacent to an activating group) is 2. The van der Waals surface area contributed by atoms with Gasteiger partial charge in [-0.1, -0.05) is 12.1 Å². The highest BCUT2D eigenvalue weighted by Crippen LogP contribution is 2.18. The number of ether oxygens (including phenoxy) is 2. The summed E-state index contributed by atoms with van der Waals surface area (Å²) in [7, 11) is 6.34. The predicted molar refractivity (Wildman–Crippen MR) is 126 cm³/mol. The van der Waals surface area contributed by atoms with Crippen molar-refractivity contribution in [2.75, 3.05) is 54.7 Å². The summed E-state index contributed by atoms with van der Waals surface area (Å²) in [5.74, 6) is -1.10. The van der Waals surface area contributed by atoms with Crippen molar-refractivity contribution in [3.63, 3.8) is 0 Å². The van der Waals surface area contributed by atoms with E-state index in [1.807, 2.05) is 12.1 Å². The first kappa shape index (κ1) is 27.9. The van der Waals surface area contributed by atoms with Crippen molar-refractivity contribution in [1.82, 2.24) is 25.1 Å². The molecular weight excluding hydrogens is 458 g/mol. The van der Waals surface area contributed by atoms with Crippen LogP contribution in [0.5, 0.6) is 5.75 Å². The van der Waals surface area contributed by atoms with Crippen LogP contribution in [0.25, 0.3) is 0 Å². The molecule has 1 saturated heterocycles. The summed E-state index contributed by atoms with van der Waals surface area (Å²) in [5.41, 5.74) is 0.860. The minimum absolute atomic E-state index is 0.0560. The molecule has 35 heavy (non-hydrogen) atoms. The number of hydrogen-bond acceptors (Lipinski definition) is 7. The quantitative estimate of drug-likeness (QED) is 0.404. The second-order valence-corrected chi connectivity index (χ2v) is 8.28. The lowest BCUT2D eigenvalue weighted by molar-refractivity contribution is -0.161. The summed E-state index contributed by atoms with van der Waals surface area (Å²) in [4.78, 5) is 52.9. The number of hydrogen-bond donors (Lipinski definition) is 2. The molecule has 2 N–H and O–H groups in total. The molecule has 12 nitrogen and oxygen atoms in total. The van der Waals surface area contributed by atoms with E-state index in [1.54, 1.807) is 40.4 Å². The molecule has 1 aromatic carbocycles. The SMILES string of the molecule is COCCCN(C)C(=O)C(CCC(=O)O)N1CN(C(=O)NCc2ccc(OC)cc2)N(C)CC1=O. The van der Waals surface area contributed by atoms with Gasteiger partial charge in [-0.25, -0.2) is 14.8 Å². The molecule has 1 unspecified atom stereocenters. The van der Waals surface area contributed by atoms with Crippen molar-refractivity contribution >= 4 is 23.8 Å². The lowest BCUT2D eigenvalue weighted by atomic mass is 10.1. The molecule has 1 fully saturated rings. The van der Waals surface area contributed by atoms with Crippen LogP contribution in [0, 0.1) is 0 Å². The van der Waals surface area contributed by atoms with Gasteiger partial charge in [-0.3, -0.25) is 14.4 Å². The Morgan fingerprint density at radius 2 is 1.89 bits per heavy atom. The Kier molecular flexibility index (Phi) is 10.7. The first-order valence-electron chi connectivity index (χ1n) is 11.3. The maximum Gasteiger partial charge on any atom is 0.333 e. The van der Waals surface area contributed by atoms with Crippen LogP contribution in [0.15, 0.2) is 24.3 Å². The summed E-state index contributed by atoms with van der Waals surface area (Å²) in [5, 5.41) is 14.8. The highest BCUT2D eigenvalue weighted by atomic mass is 16.5. The number of aliphatic carboxylic acids is 1. The van der Waals surface area contributed by atoms with Crippen molar-refractivity contribution in [2.45, 2.75) is 31.8 Å². The minimum Gasteiger partial charge on any atom is -0.497 e. The standard InChI is InChI=1S/C23H35N5O7/c1-25(12-5-13-34-3)22(32)19(10-11-21(30)31)27-16-28(26(2)15-20(27)29)23(33)24-14-17-6-8-18(35-4)9-7-17/h6-9,19H,5,10-16H2,1-4H3,(H,24,33)(H,30,31). The van der Waals surface area contributed by atoms with Crippen LogP contribution < -0.4 is 10.1 Å². The second-order valence-electron chi connectivity index (χ2n) is 8.28. The highest BCUT2D eigenvalue weighted by Gasteiger charge is 2.39. The van der Waals surface area contributed by atoms with Crippen LogP contribution in [0.2, 0.25) is 0 Å². The monoisotopic (exact) mass is 493 g/mol. The van der Waals surface area contributed by atoms with E-state index in [-0.39, 0.29) is 44.4 Å². The molecule has 0 aromatic heterocycles. The fourth-order valence-corrected chi connectivity index (χ4v) is 3.69. The summed E-state index contributed by atoms with van der Waals surface area (Å²) >= 11 is 0. The molecule has 0 aliphatic carbocycles. The third-order valence-electron chi connectivity index (χ3n) is 5.73. The zero-order valence-electron chi connectivity index (χ0n) is 20.7. The van der Waals surface area contributed by atoms with E-state index >= 15 is 0 Å². The molecule has 1 atom stereocenters. The maximum atomic E-state index is 13.2. The number of carbonyl (C=O) groups is 4. The largest absolute Gasteiger partial charge is 0.497 e. The van der Waals surface area contributed by atoms with Gasteiger partial charge in [0.2, 0.25) is 11.8 Å². The summed E-state index contributed by atoms with van der Waals surface area (Å²) in [6.45, 7) is 0.813. The second kappa shape index (κ2) is 13.5. The van der Waals surface area contributed by atoms with Gasteiger partial charge in [0.1, 0.15) is 18.5 Å². The summed E-state index contributed by atoms with van der Waals surface area (Å²) in [6, 6.07) is 5.78. The highest BCUT2D eigenvalue weighted by molar-refractivity contribution is 5.89. The van der Waals surface area contributed by atoms with Gasteiger partial charge in [0.05, 0.1) is 13.7 Å². The lowest BCUT2D eigenvalue weighted by Crippen LogP contribution is -2.65. The number of rotatable bonds is 12. The number of carboxylic acids is 1. The molecule has 1 aromatic rings. The van der Waals surface area contributed by atoms with Crippen LogP contribution in [0.3, 0.4) is 0 Å². The van der Waals surface area contributed by atoms with Crippen molar-refractivity contribution in [2.24, 2.45) is 0 Å². The average Bonchev–Trinajstić information content (AvgIpc) is 2.83. The van der Waals surface area contributed by atoms with Crippen LogP contribution in [-0.4, -0.2) is 109 Å². The number of urea groups is 1. The number of methoxy groups -OCH3 is 2. The van der Waals surface area contributed by atoms with Crippen molar-refractivity contribution in [3.05, 3.63) is 29.8 Å². The molecule has 1 aliphatic heterocycles. The van der Waals surface area contributed by atoms with E-state index < -0.39 is 18.0 Å². The van der Waals surface area contributed by atoms with E-state index in [0.29, 0.717) is 25.3 Å². The number of carboxylic acid groups (broad SMARTS) is 1. The first-order valence-corrected chi connectivity index (χ1v) is 11.3. The molecule has 0 spiro atoms. The smallest absolute Gasteiger partial charge is 0.333 e. The van der Waals surface area contributed by atoms with Crippen molar-refractivity contribution < 1.29 is 33.8 Å². The molecule has 12 heteroatoms. The minimum atomic E-state index is -1.07. The van der Waals surface area contributed by atoms with Crippen molar-refractivity contribution in [1.29, 1.82) is 0 Å². The van der Waals surface area contributed by atoms with Gasteiger partial charge >= 0.3 is 12.0 Å². The molecule has 0 bridgehead atoms. The van der Waals surface area contributed by atoms with E-state index in [9.17, 15) is 24.3 Å². The third-order valence-corrected chi connectivity index (χ3v) is 5.73. The Morgan fingerprint density at radius 1 is 1.20 bits per heavy atom. The van der Waals surface area contributed by atoms with Gasteiger partial charge < -0.3 is 29.7 Å². The Bertz CT molecular complexity index is 880. The Balaban J connectivity index is 2.12. The number of amides is 4. The van der Waals surface area contributed by atoms with Crippen LogP contribution in [0.1, 0.15) is 24.8 Å². The van der Waals surface area contributed by atoms with E-state index in [1.165, 1.54) is 19.8 Å². The topological polar surface area (TPSA) is 132 Å². The van der Waals surface area contributed by atoms with Crippen LogP contribution in [0.4, 0.5) is 4.79 Å². The molecule has 2 rings (SSSR count). The van der Waals surface area contributed by atoms with E-state index in [0.717, 1.165) is 5.56 Å². The molecule has 1 heterocycles. The number of nitrogens with zero attached hydrogens (tertiary/aromatic N) is 4. The third kappa shape index (κ3) is 8.11. The first-order chi connectivity index (χ1) is 16.7. The van der Waals surface area contributed by atoms with E-state index in [2.05, 4.69) is 5.32 Å². The normalized spacial score (nSPS) is 15.0. The average molecular weight is 494 g/mol. The van der Waals surface area contributed by atoms with Crippen molar-refractivity contribution in [3.8, 4) is 5.75 Å². The lowest BCUT2D eigenvalue weighted by Gasteiger charge is -2.44. The van der Waals surface area contributed by atoms with E-state index in [4.69, 9.17) is 9.47 Å². The van der Waals surface area contributed by atoms with Gasteiger partial charge in [0, 0.05) is 47.3 Å². The zero-order chi connectivity index (χ0) is 26.0. The molecular formula is C23H35N5O7. The molecule has 194 valence electrons. The van der Waals surface area contributed by atoms with Gasteiger partial charge in [-0.05, 0) is 30.5 Å². The number of benzene rings is 1. The molecule has 0 saturated carbocycles. The summed E-state index contributed by atoms with van der Waals surface area (Å²) < 4.78 is 10.2. The Hall–Kier alpha value is -3.38. The molecule has 1 aliphatic rings. The number of hydrazine groups is 1. The molecule has 0 radical (unpaired) electrons.